The van der Waals surface area contributed by atoms with E-state index in [1.165, 1.54) is 30.4 Å². The van der Waals surface area contributed by atoms with Gasteiger partial charge in [-0.25, -0.2) is 0 Å². The van der Waals surface area contributed by atoms with Gasteiger partial charge < -0.3 is 10.4 Å². The maximum absolute atomic E-state index is 9.60. The first-order chi connectivity index (χ1) is 8.24. The fourth-order valence-corrected chi connectivity index (χ4v) is 2.61. The van der Waals surface area contributed by atoms with Crippen molar-refractivity contribution in [1.29, 1.82) is 0 Å². The third-order valence-electron chi connectivity index (χ3n) is 3.90. The molecule has 2 heteroatoms. The lowest BCUT2D eigenvalue weighted by molar-refractivity contribution is 0.119. The third-order valence-corrected chi connectivity index (χ3v) is 3.90. The van der Waals surface area contributed by atoms with Crippen molar-refractivity contribution in [3.05, 3.63) is 35.4 Å². The lowest BCUT2D eigenvalue weighted by Crippen LogP contribution is -2.49. The van der Waals surface area contributed by atoms with Crippen molar-refractivity contribution in [2.75, 3.05) is 6.61 Å². The molecule has 2 rings (SSSR count). The summed E-state index contributed by atoms with van der Waals surface area (Å²) in [5.41, 5.74) is 2.57. The van der Waals surface area contributed by atoms with Crippen molar-refractivity contribution >= 4 is 0 Å². The summed E-state index contributed by atoms with van der Waals surface area (Å²) in [4.78, 5) is 0. The van der Waals surface area contributed by atoms with Gasteiger partial charge in [0.05, 0.1) is 6.61 Å². The predicted octanol–water partition coefficient (Wildman–Crippen LogP) is 2.78. The number of aliphatic hydroxyl groups is 1. The highest BCUT2D eigenvalue weighted by atomic mass is 16.3. The second-order valence-electron chi connectivity index (χ2n) is 5.34. The molecule has 0 saturated heterocycles. The topological polar surface area (TPSA) is 32.3 Å². The van der Waals surface area contributed by atoms with Crippen LogP contribution in [0.25, 0.3) is 0 Å². The number of hydrogen-bond acceptors (Lipinski definition) is 2. The molecule has 1 saturated carbocycles. The van der Waals surface area contributed by atoms with Gasteiger partial charge in [0.25, 0.3) is 0 Å². The molecule has 1 aromatic rings. The second kappa shape index (κ2) is 5.65. The Morgan fingerprint density at radius 2 is 1.76 bits per heavy atom. The Bertz CT molecular complexity index is 338. The van der Waals surface area contributed by atoms with Crippen molar-refractivity contribution in [2.24, 2.45) is 0 Å². The third kappa shape index (κ3) is 3.30. The highest BCUT2D eigenvalue weighted by Crippen LogP contribution is 2.28. The number of aliphatic hydroxyl groups excluding tert-OH is 1. The summed E-state index contributed by atoms with van der Waals surface area (Å²) in [6.07, 6.45) is 6.00. The van der Waals surface area contributed by atoms with E-state index < -0.39 is 0 Å². The quantitative estimate of drug-likeness (QED) is 0.838. The van der Waals surface area contributed by atoms with Gasteiger partial charge >= 0.3 is 0 Å². The number of nitrogens with one attached hydrogen (secondary N) is 1. The van der Waals surface area contributed by atoms with Gasteiger partial charge in [-0.3, -0.25) is 0 Å². The molecule has 17 heavy (non-hydrogen) atoms. The lowest BCUT2D eigenvalue weighted by Gasteiger charge is -2.36. The van der Waals surface area contributed by atoms with Gasteiger partial charge in [0.15, 0.2) is 0 Å². The molecule has 0 aromatic heterocycles. The molecular formula is C15H23NO. The van der Waals surface area contributed by atoms with Gasteiger partial charge in [-0.15, -0.1) is 0 Å². The number of aryl methyl sites for hydroxylation is 1. The summed E-state index contributed by atoms with van der Waals surface area (Å²) >= 11 is 0. The minimum absolute atomic E-state index is 0.0247. The SMILES string of the molecule is Cc1ccc(CNC2(CO)CCCCC2)cc1. The number of rotatable bonds is 4. The van der Waals surface area contributed by atoms with E-state index in [0.717, 1.165) is 19.4 Å². The van der Waals surface area contributed by atoms with E-state index in [4.69, 9.17) is 0 Å². The van der Waals surface area contributed by atoms with Crippen molar-refractivity contribution in [3.63, 3.8) is 0 Å². The average Bonchev–Trinajstić information content (AvgIpc) is 2.39. The molecule has 0 amide bonds. The maximum atomic E-state index is 9.60. The molecule has 1 aliphatic carbocycles. The standard InChI is InChI=1S/C15H23NO/c1-13-5-7-14(8-6-13)11-16-15(12-17)9-3-2-4-10-15/h5-8,16-17H,2-4,9-12H2,1H3. The molecular weight excluding hydrogens is 210 g/mol. The number of hydrogen-bond donors (Lipinski definition) is 2. The van der Waals surface area contributed by atoms with Gasteiger partial charge in [0, 0.05) is 12.1 Å². The molecule has 2 N–H and O–H groups in total. The highest BCUT2D eigenvalue weighted by Gasteiger charge is 2.30. The normalized spacial score (nSPS) is 19.2. The van der Waals surface area contributed by atoms with E-state index in [1.807, 2.05) is 0 Å². The van der Waals surface area contributed by atoms with E-state index in [9.17, 15) is 5.11 Å². The van der Waals surface area contributed by atoms with Crippen LogP contribution in [0.2, 0.25) is 0 Å². The van der Waals surface area contributed by atoms with Crippen molar-refractivity contribution in [1.82, 2.24) is 5.32 Å². The zero-order valence-electron chi connectivity index (χ0n) is 10.7. The van der Waals surface area contributed by atoms with Crippen LogP contribution in [0.15, 0.2) is 24.3 Å². The van der Waals surface area contributed by atoms with Crippen molar-refractivity contribution < 1.29 is 5.11 Å². The van der Waals surface area contributed by atoms with Crippen LogP contribution in [-0.4, -0.2) is 17.3 Å². The zero-order chi connectivity index (χ0) is 12.1. The van der Waals surface area contributed by atoms with Crippen LogP contribution in [-0.2, 0) is 6.54 Å². The van der Waals surface area contributed by atoms with Crippen molar-refractivity contribution in [3.8, 4) is 0 Å². The summed E-state index contributed by atoms with van der Waals surface area (Å²) in [6.45, 7) is 3.23. The van der Waals surface area contributed by atoms with E-state index in [-0.39, 0.29) is 12.1 Å². The maximum Gasteiger partial charge on any atom is 0.0613 e. The zero-order valence-corrected chi connectivity index (χ0v) is 10.7. The minimum Gasteiger partial charge on any atom is -0.394 e. The van der Waals surface area contributed by atoms with Crippen LogP contribution >= 0.6 is 0 Å². The van der Waals surface area contributed by atoms with Gasteiger partial charge in [-0.05, 0) is 25.3 Å². The van der Waals surface area contributed by atoms with E-state index in [0.29, 0.717) is 0 Å². The molecule has 0 heterocycles. The first-order valence-corrected chi connectivity index (χ1v) is 6.66. The molecule has 0 radical (unpaired) electrons. The largest absolute Gasteiger partial charge is 0.394 e. The Labute approximate surface area is 104 Å². The van der Waals surface area contributed by atoms with Crippen LogP contribution in [0.1, 0.15) is 43.2 Å². The molecule has 0 unspecified atom stereocenters. The second-order valence-corrected chi connectivity index (χ2v) is 5.34. The highest BCUT2D eigenvalue weighted by molar-refractivity contribution is 5.21. The summed E-state index contributed by atoms with van der Waals surface area (Å²) in [5.74, 6) is 0. The summed E-state index contributed by atoms with van der Waals surface area (Å²) in [5, 5.41) is 13.2. The summed E-state index contributed by atoms with van der Waals surface area (Å²) in [7, 11) is 0. The molecule has 1 aromatic carbocycles. The van der Waals surface area contributed by atoms with Gasteiger partial charge in [0.2, 0.25) is 0 Å². The minimum atomic E-state index is -0.0247. The van der Waals surface area contributed by atoms with E-state index in [1.54, 1.807) is 0 Å². The Morgan fingerprint density at radius 1 is 1.12 bits per heavy atom. The van der Waals surface area contributed by atoms with Crippen LogP contribution < -0.4 is 5.32 Å². The monoisotopic (exact) mass is 233 g/mol. The van der Waals surface area contributed by atoms with Crippen LogP contribution in [0, 0.1) is 6.92 Å². The molecule has 1 aliphatic rings. The van der Waals surface area contributed by atoms with Crippen LogP contribution in [0.5, 0.6) is 0 Å². The molecule has 0 spiro atoms. The summed E-state index contributed by atoms with van der Waals surface area (Å²) < 4.78 is 0. The molecule has 0 bridgehead atoms. The Kier molecular flexibility index (Phi) is 4.19. The average molecular weight is 233 g/mol. The van der Waals surface area contributed by atoms with Gasteiger partial charge in [-0.1, -0.05) is 49.1 Å². The fraction of sp³-hybridized carbons (Fsp3) is 0.600. The molecule has 2 nitrogen and oxygen atoms in total. The van der Waals surface area contributed by atoms with E-state index >= 15 is 0 Å². The Morgan fingerprint density at radius 3 is 2.35 bits per heavy atom. The molecule has 0 aliphatic heterocycles. The fourth-order valence-electron chi connectivity index (χ4n) is 2.61. The molecule has 94 valence electrons. The van der Waals surface area contributed by atoms with Crippen molar-refractivity contribution in [2.45, 2.75) is 51.1 Å². The lowest BCUT2D eigenvalue weighted by atomic mass is 9.82. The summed E-state index contributed by atoms with van der Waals surface area (Å²) in [6, 6.07) is 8.61. The molecule has 0 atom stereocenters. The van der Waals surface area contributed by atoms with E-state index in [2.05, 4.69) is 36.5 Å². The smallest absolute Gasteiger partial charge is 0.0613 e. The van der Waals surface area contributed by atoms with Gasteiger partial charge in [-0.2, -0.15) is 0 Å². The first-order valence-electron chi connectivity index (χ1n) is 6.66. The van der Waals surface area contributed by atoms with Crippen LogP contribution in [0.4, 0.5) is 0 Å². The van der Waals surface area contributed by atoms with Gasteiger partial charge in [0.1, 0.15) is 0 Å². The molecule has 1 fully saturated rings. The Balaban J connectivity index is 1.93. The van der Waals surface area contributed by atoms with Crippen LogP contribution in [0.3, 0.4) is 0 Å². The predicted molar refractivity (Wildman–Crippen MR) is 70.9 cm³/mol. The Hall–Kier alpha value is -0.860. The first kappa shape index (κ1) is 12.6. The number of benzene rings is 1.